The number of allylic oxidation sites excluding steroid dienone is 1. The van der Waals surface area contributed by atoms with E-state index in [1.54, 1.807) is 36.4 Å². The number of Topliss-reactive ketones (excluding diaryl/α,β-unsaturated/α-hetero) is 1. The maximum Gasteiger partial charge on any atom is 0.348 e. The maximum atomic E-state index is 13.9. The van der Waals surface area contributed by atoms with Gasteiger partial charge in [0.05, 0.1) is 16.1 Å². The van der Waals surface area contributed by atoms with Gasteiger partial charge < -0.3 is 14.6 Å². The van der Waals surface area contributed by atoms with Crippen molar-refractivity contribution in [3.8, 4) is 11.5 Å². The van der Waals surface area contributed by atoms with Gasteiger partial charge in [-0.05, 0) is 85.5 Å². The normalized spacial score (nSPS) is 14.5. The van der Waals surface area contributed by atoms with E-state index in [0.717, 1.165) is 10.5 Å². The number of hydrogen-bond acceptors (Lipinski definition) is 5. The highest BCUT2D eigenvalue weighted by Gasteiger charge is 2.36. The van der Waals surface area contributed by atoms with E-state index in [0.29, 0.717) is 25.8 Å². The Morgan fingerprint density at radius 1 is 1.03 bits per heavy atom. The second-order valence-corrected chi connectivity index (χ2v) is 9.79. The number of phenols is 1. The minimum absolute atomic E-state index is 0.0902. The van der Waals surface area contributed by atoms with Crippen LogP contribution in [0.15, 0.2) is 79.3 Å². The number of halogens is 4. The molecule has 0 saturated heterocycles. The van der Waals surface area contributed by atoms with Gasteiger partial charge in [-0.3, -0.25) is 4.79 Å². The number of rotatable bonds is 5. The number of phenolic OH excluding ortho intramolecular Hbond substituents is 1. The summed E-state index contributed by atoms with van der Waals surface area (Å²) in [6.45, 7) is 0. The molecule has 172 valence electrons. The molecular formula is C25H14Br3FO5. The average Bonchev–Trinajstić information content (AvgIpc) is 3.11. The van der Waals surface area contributed by atoms with E-state index in [1.165, 1.54) is 25.3 Å². The van der Waals surface area contributed by atoms with E-state index in [1.807, 2.05) is 0 Å². The zero-order chi connectivity index (χ0) is 24.6. The van der Waals surface area contributed by atoms with Crippen LogP contribution in [0.3, 0.4) is 0 Å². The highest BCUT2D eigenvalue weighted by molar-refractivity contribution is 9.11. The SMILES string of the molecule is COc1c(Br)cc(C(=O)C2=C(c3ccc(Br)cc3)/C(=C/c3ccc(O)c(F)c3)OC2=O)cc1Br. The smallest absolute Gasteiger partial charge is 0.348 e. The lowest BCUT2D eigenvalue weighted by Crippen LogP contribution is -2.11. The number of benzene rings is 3. The molecule has 0 spiro atoms. The molecule has 1 aliphatic heterocycles. The van der Waals surface area contributed by atoms with E-state index < -0.39 is 23.3 Å². The standard InChI is InChI=1S/C25H14Br3FO5/c1-33-24-16(27)10-14(11-17(24)28)23(31)22-21(13-3-5-15(26)6-4-13)20(34-25(22)32)9-12-2-7-19(30)18(29)8-12/h2-11,30H,1H3/b20-9-. The number of carbonyl (C=O) groups is 2. The van der Waals surface area contributed by atoms with Crippen molar-refractivity contribution in [3.63, 3.8) is 0 Å². The Morgan fingerprint density at radius 2 is 1.68 bits per heavy atom. The van der Waals surface area contributed by atoms with Gasteiger partial charge in [0.15, 0.2) is 11.6 Å². The molecule has 0 aromatic heterocycles. The highest BCUT2D eigenvalue weighted by atomic mass is 79.9. The Labute approximate surface area is 219 Å². The van der Waals surface area contributed by atoms with Gasteiger partial charge in [-0.2, -0.15) is 0 Å². The molecule has 0 unspecified atom stereocenters. The Balaban J connectivity index is 1.91. The van der Waals surface area contributed by atoms with Crippen LogP contribution in [-0.2, 0) is 9.53 Å². The van der Waals surface area contributed by atoms with E-state index in [9.17, 15) is 19.1 Å². The van der Waals surface area contributed by atoms with E-state index >= 15 is 0 Å². The monoisotopic (exact) mass is 650 g/mol. The molecule has 4 rings (SSSR count). The van der Waals surface area contributed by atoms with Crippen molar-refractivity contribution >= 4 is 71.2 Å². The first-order valence-corrected chi connectivity index (χ1v) is 12.1. The molecule has 9 heteroatoms. The van der Waals surface area contributed by atoms with Gasteiger partial charge in [0.25, 0.3) is 0 Å². The molecule has 0 bridgehead atoms. The summed E-state index contributed by atoms with van der Waals surface area (Å²) in [5.41, 5.74) is 1.26. The molecule has 3 aromatic rings. The van der Waals surface area contributed by atoms with Crippen molar-refractivity contribution in [2.45, 2.75) is 0 Å². The van der Waals surface area contributed by atoms with E-state index in [2.05, 4.69) is 47.8 Å². The van der Waals surface area contributed by atoms with Crippen molar-refractivity contribution in [1.29, 1.82) is 0 Å². The van der Waals surface area contributed by atoms with Crippen molar-refractivity contribution in [2.24, 2.45) is 0 Å². The number of esters is 1. The first kappa shape index (κ1) is 24.4. The van der Waals surface area contributed by atoms with Gasteiger partial charge in [0, 0.05) is 15.6 Å². The molecule has 0 amide bonds. The number of hydrogen-bond donors (Lipinski definition) is 1. The molecule has 0 atom stereocenters. The topological polar surface area (TPSA) is 72.8 Å². The summed E-state index contributed by atoms with van der Waals surface area (Å²) in [5, 5.41) is 9.47. The molecule has 0 saturated carbocycles. The van der Waals surface area contributed by atoms with Crippen molar-refractivity contribution < 1.29 is 28.6 Å². The molecule has 1 heterocycles. The quantitative estimate of drug-likeness (QED) is 0.182. The fraction of sp³-hybridized carbons (Fsp3) is 0.0400. The van der Waals surface area contributed by atoms with Gasteiger partial charge >= 0.3 is 5.97 Å². The van der Waals surface area contributed by atoms with Crippen molar-refractivity contribution in [2.75, 3.05) is 7.11 Å². The minimum Gasteiger partial charge on any atom is -0.505 e. The summed E-state index contributed by atoms with van der Waals surface area (Å²) in [7, 11) is 1.50. The number of ketones is 1. The number of ether oxygens (including phenoxy) is 2. The van der Waals surface area contributed by atoms with Crippen LogP contribution in [0.5, 0.6) is 11.5 Å². The van der Waals surface area contributed by atoms with Crippen LogP contribution in [0.2, 0.25) is 0 Å². The lowest BCUT2D eigenvalue weighted by molar-refractivity contribution is -0.132. The summed E-state index contributed by atoms with van der Waals surface area (Å²) in [6.07, 6.45) is 1.44. The van der Waals surface area contributed by atoms with Gasteiger partial charge in [0.1, 0.15) is 17.1 Å². The second kappa shape index (κ2) is 9.85. The first-order chi connectivity index (χ1) is 16.2. The van der Waals surface area contributed by atoms with Crippen LogP contribution in [0.1, 0.15) is 21.5 Å². The third-order valence-electron chi connectivity index (χ3n) is 5.00. The Bertz CT molecular complexity index is 1370. The Hall–Kier alpha value is -2.75. The van der Waals surface area contributed by atoms with Crippen LogP contribution in [0.25, 0.3) is 11.6 Å². The van der Waals surface area contributed by atoms with Crippen LogP contribution in [0.4, 0.5) is 4.39 Å². The summed E-state index contributed by atoms with van der Waals surface area (Å²) in [6, 6.07) is 13.9. The van der Waals surface area contributed by atoms with Crippen LogP contribution in [-0.4, -0.2) is 24.0 Å². The fourth-order valence-electron chi connectivity index (χ4n) is 3.43. The van der Waals surface area contributed by atoms with Gasteiger partial charge in [-0.25, -0.2) is 9.18 Å². The number of aromatic hydroxyl groups is 1. The van der Waals surface area contributed by atoms with Crippen LogP contribution >= 0.6 is 47.8 Å². The number of carbonyl (C=O) groups excluding carboxylic acids is 2. The molecule has 0 radical (unpaired) electrons. The summed E-state index contributed by atoms with van der Waals surface area (Å²) >= 11 is 10.1. The largest absolute Gasteiger partial charge is 0.505 e. The summed E-state index contributed by atoms with van der Waals surface area (Å²) in [5.74, 6) is -2.10. The van der Waals surface area contributed by atoms with Crippen molar-refractivity contribution in [3.05, 3.63) is 102 Å². The third kappa shape index (κ3) is 4.73. The summed E-state index contributed by atoms with van der Waals surface area (Å²) in [4.78, 5) is 26.5. The lowest BCUT2D eigenvalue weighted by atomic mass is 9.93. The van der Waals surface area contributed by atoms with Gasteiger partial charge in [-0.15, -0.1) is 0 Å². The molecule has 1 aliphatic rings. The molecule has 0 aliphatic carbocycles. The minimum atomic E-state index is -0.823. The zero-order valence-electron chi connectivity index (χ0n) is 17.4. The average molecular weight is 653 g/mol. The van der Waals surface area contributed by atoms with E-state index in [-0.39, 0.29) is 22.5 Å². The Morgan fingerprint density at radius 3 is 2.26 bits per heavy atom. The predicted octanol–water partition coefficient (Wildman–Crippen LogP) is 7.06. The van der Waals surface area contributed by atoms with Crippen LogP contribution < -0.4 is 4.74 Å². The highest BCUT2D eigenvalue weighted by Crippen LogP contribution is 2.40. The lowest BCUT2D eigenvalue weighted by Gasteiger charge is -2.09. The first-order valence-electron chi connectivity index (χ1n) is 9.70. The molecular weight excluding hydrogens is 639 g/mol. The summed E-state index contributed by atoms with van der Waals surface area (Å²) < 4.78 is 26.5. The molecule has 5 nitrogen and oxygen atoms in total. The predicted molar refractivity (Wildman–Crippen MR) is 136 cm³/mol. The van der Waals surface area contributed by atoms with Crippen LogP contribution in [0, 0.1) is 5.82 Å². The molecule has 1 N–H and O–H groups in total. The Kier molecular flexibility index (Phi) is 7.06. The number of cyclic esters (lactones) is 1. The van der Waals surface area contributed by atoms with Crippen molar-refractivity contribution in [1.82, 2.24) is 0 Å². The maximum absolute atomic E-state index is 13.9. The fourth-order valence-corrected chi connectivity index (χ4v) is 5.21. The molecule has 0 fully saturated rings. The molecule has 3 aromatic carbocycles. The second-order valence-electron chi connectivity index (χ2n) is 7.17. The van der Waals surface area contributed by atoms with Gasteiger partial charge in [0.2, 0.25) is 5.78 Å². The van der Waals surface area contributed by atoms with E-state index in [4.69, 9.17) is 9.47 Å². The molecule has 34 heavy (non-hydrogen) atoms. The third-order valence-corrected chi connectivity index (χ3v) is 6.70. The number of methoxy groups -OCH3 is 1. The zero-order valence-corrected chi connectivity index (χ0v) is 22.1. The van der Waals surface area contributed by atoms with Gasteiger partial charge in [-0.1, -0.05) is 34.1 Å².